The number of aryl methyl sites for hydroxylation is 2. The van der Waals surface area contributed by atoms with Gasteiger partial charge in [-0.15, -0.1) is 0 Å². The van der Waals surface area contributed by atoms with Gasteiger partial charge >= 0.3 is 0 Å². The summed E-state index contributed by atoms with van der Waals surface area (Å²) in [6.07, 6.45) is 6.53. The Balaban J connectivity index is 3.09. The van der Waals surface area contributed by atoms with E-state index in [-0.39, 0.29) is 0 Å². The summed E-state index contributed by atoms with van der Waals surface area (Å²) in [7, 11) is 0. The van der Waals surface area contributed by atoms with Crippen LogP contribution in [0.1, 0.15) is 37.5 Å². The summed E-state index contributed by atoms with van der Waals surface area (Å²) in [5.74, 6) is 0. The lowest BCUT2D eigenvalue weighted by atomic mass is 10.0. The minimum absolute atomic E-state index is 1.11. The molecule has 0 heterocycles. The number of allylic oxidation sites excluding steroid dienone is 1. The molecular formula is C13H18. The monoisotopic (exact) mass is 174 g/mol. The Morgan fingerprint density at radius 2 is 1.92 bits per heavy atom. The van der Waals surface area contributed by atoms with Gasteiger partial charge in [0.15, 0.2) is 0 Å². The zero-order valence-corrected chi connectivity index (χ0v) is 8.80. The van der Waals surface area contributed by atoms with Crippen LogP contribution in [-0.4, -0.2) is 0 Å². The Bertz CT molecular complexity index is 295. The van der Waals surface area contributed by atoms with E-state index in [1.807, 2.05) is 0 Å². The SMILES string of the molecule is C/C=C/c1cc(CC)ccc1CC. The van der Waals surface area contributed by atoms with Crippen molar-refractivity contribution in [3.63, 3.8) is 0 Å². The van der Waals surface area contributed by atoms with Crippen molar-refractivity contribution in [2.45, 2.75) is 33.6 Å². The summed E-state index contributed by atoms with van der Waals surface area (Å²) in [5.41, 5.74) is 4.24. The maximum Gasteiger partial charge on any atom is -0.0225 e. The zero-order chi connectivity index (χ0) is 9.68. The Labute approximate surface area is 81.3 Å². The highest BCUT2D eigenvalue weighted by atomic mass is 14.0. The molecule has 0 radical (unpaired) electrons. The fourth-order valence-corrected chi connectivity index (χ4v) is 1.52. The number of benzene rings is 1. The first-order chi connectivity index (χ1) is 6.31. The Morgan fingerprint density at radius 1 is 1.15 bits per heavy atom. The van der Waals surface area contributed by atoms with Crippen LogP contribution in [0.25, 0.3) is 6.08 Å². The molecule has 0 N–H and O–H groups in total. The van der Waals surface area contributed by atoms with E-state index in [1.165, 1.54) is 16.7 Å². The van der Waals surface area contributed by atoms with Crippen LogP contribution >= 0.6 is 0 Å². The predicted octanol–water partition coefficient (Wildman–Crippen LogP) is 3.84. The summed E-state index contributed by atoms with van der Waals surface area (Å²) in [5, 5.41) is 0. The molecule has 0 aliphatic rings. The van der Waals surface area contributed by atoms with Gasteiger partial charge in [-0.25, -0.2) is 0 Å². The highest BCUT2D eigenvalue weighted by Crippen LogP contribution is 2.15. The quantitative estimate of drug-likeness (QED) is 0.653. The van der Waals surface area contributed by atoms with Gasteiger partial charge in [-0.3, -0.25) is 0 Å². The third-order valence-electron chi connectivity index (χ3n) is 2.35. The lowest BCUT2D eigenvalue weighted by molar-refractivity contribution is 1.09. The number of hydrogen-bond acceptors (Lipinski definition) is 0. The molecule has 13 heavy (non-hydrogen) atoms. The molecule has 0 spiro atoms. The van der Waals surface area contributed by atoms with Crippen molar-refractivity contribution in [3.8, 4) is 0 Å². The summed E-state index contributed by atoms with van der Waals surface area (Å²) >= 11 is 0. The molecule has 0 aliphatic heterocycles. The van der Waals surface area contributed by atoms with Crippen LogP contribution in [0, 0.1) is 0 Å². The van der Waals surface area contributed by atoms with Crippen LogP contribution < -0.4 is 0 Å². The molecule has 0 aromatic heterocycles. The molecule has 1 rings (SSSR count). The van der Waals surface area contributed by atoms with Crippen molar-refractivity contribution >= 4 is 6.08 Å². The maximum absolute atomic E-state index is 2.29. The van der Waals surface area contributed by atoms with E-state index >= 15 is 0 Å². The molecule has 1 aromatic carbocycles. The fourth-order valence-electron chi connectivity index (χ4n) is 1.52. The first kappa shape index (κ1) is 10.0. The molecule has 0 saturated heterocycles. The lowest BCUT2D eigenvalue weighted by Gasteiger charge is -2.05. The van der Waals surface area contributed by atoms with Crippen LogP contribution in [0.15, 0.2) is 24.3 Å². The topological polar surface area (TPSA) is 0 Å². The van der Waals surface area contributed by atoms with Crippen LogP contribution in [-0.2, 0) is 12.8 Å². The van der Waals surface area contributed by atoms with Crippen molar-refractivity contribution < 1.29 is 0 Å². The van der Waals surface area contributed by atoms with Gasteiger partial charge in [-0.2, -0.15) is 0 Å². The maximum atomic E-state index is 2.29. The standard InChI is InChI=1S/C13H18/c1-4-7-13-10-11(5-2)8-9-12(13)6-3/h4,7-10H,5-6H2,1-3H3/b7-4+. The Morgan fingerprint density at radius 3 is 2.46 bits per heavy atom. The molecular weight excluding hydrogens is 156 g/mol. The molecule has 0 bridgehead atoms. The van der Waals surface area contributed by atoms with Gasteiger partial charge in [-0.05, 0) is 36.5 Å². The largest absolute Gasteiger partial charge is 0.0871 e. The molecule has 0 amide bonds. The first-order valence-corrected chi connectivity index (χ1v) is 5.06. The molecule has 0 heteroatoms. The average molecular weight is 174 g/mol. The van der Waals surface area contributed by atoms with Gasteiger partial charge in [0.05, 0.1) is 0 Å². The van der Waals surface area contributed by atoms with E-state index in [4.69, 9.17) is 0 Å². The summed E-state index contributed by atoms with van der Waals surface area (Å²) in [4.78, 5) is 0. The highest BCUT2D eigenvalue weighted by molar-refractivity contribution is 5.54. The number of hydrogen-bond donors (Lipinski definition) is 0. The van der Waals surface area contributed by atoms with Crippen molar-refractivity contribution in [3.05, 3.63) is 41.0 Å². The van der Waals surface area contributed by atoms with Crippen LogP contribution in [0.3, 0.4) is 0 Å². The zero-order valence-electron chi connectivity index (χ0n) is 8.80. The van der Waals surface area contributed by atoms with Gasteiger partial charge in [0.2, 0.25) is 0 Å². The van der Waals surface area contributed by atoms with Crippen molar-refractivity contribution in [2.24, 2.45) is 0 Å². The molecule has 0 fully saturated rings. The van der Waals surface area contributed by atoms with E-state index in [1.54, 1.807) is 0 Å². The molecule has 0 unspecified atom stereocenters. The Kier molecular flexibility index (Phi) is 3.75. The molecule has 0 atom stereocenters. The van der Waals surface area contributed by atoms with Crippen LogP contribution in [0.2, 0.25) is 0 Å². The minimum atomic E-state index is 1.11. The van der Waals surface area contributed by atoms with E-state index in [0.717, 1.165) is 12.8 Å². The van der Waals surface area contributed by atoms with Gasteiger partial charge < -0.3 is 0 Å². The summed E-state index contributed by atoms with van der Waals surface area (Å²) < 4.78 is 0. The van der Waals surface area contributed by atoms with E-state index in [9.17, 15) is 0 Å². The third kappa shape index (κ3) is 2.45. The summed E-state index contributed by atoms with van der Waals surface area (Å²) in [6.45, 7) is 6.46. The van der Waals surface area contributed by atoms with Crippen molar-refractivity contribution in [1.29, 1.82) is 0 Å². The highest BCUT2D eigenvalue weighted by Gasteiger charge is 1.97. The van der Waals surface area contributed by atoms with Gasteiger partial charge in [-0.1, -0.05) is 44.2 Å². The fraction of sp³-hybridized carbons (Fsp3) is 0.385. The van der Waals surface area contributed by atoms with Crippen molar-refractivity contribution in [1.82, 2.24) is 0 Å². The number of rotatable bonds is 3. The molecule has 70 valence electrons. The van der Waals surface area contributed by atoms with Gasteiger partial charge in [0, 0.05) is 0 Å². The molecule has 0 saturated carbocycles. The van der Waals surface area contributed by atoms with Gasteiger partial charge in [0.25, 0.3) is 0 Å². The first-order valence-electron chi connectivity index (χ1n) is 5.06. The smallest absolute Gasteiger partial charge is 0.0225 e. The molecule has 0 nitrogen and oxygen atoms in total. The average Bonchev–Trinajstić information content (AvgIpc) is 2.18. The molecule has 1 aromatic rings. The van der Waals surface area contributed by atoms with Crippen LogP contribution in [0.4, 0.5) is 0 Å². The van der Waals surface area contributed by atoms with E-state index < -0.39 is 0 Å². The lowest BCUT2D eigenvalue weighted by Crippen LogP contribution is -1.89. The third-order valence-corrected chi connectivity index (χ3v) is 2.35. The second-order valence-corrected chi connectivity index (χ2v) is 3.24. The molecule has 0 aliphatic carbocycles. The predicted molar refractivity (Wildman–Crippen MR) is 59.9 cm³/mol. The normalized spacial score (nSPS) is 11.0. The van der Waals surface area contributed by atoms with E-state index in [2.05, 4.69) is 51.1 Å². The second kappa shape index (κ2) is 4.86. The minimum Gasteiger partial charge on any atom is -0.0871 e. The summed E-state index contributed by atoms with van der Waals surface area (Å²) in [6, 6.07) is 6.76. The van der Waals surface area contributed by atoms with Crippen molar-refractivity contribution in [2.75, 3.05) is 0 Å². The van der Waals surface area contributed by atoms with E-state index in [0.29, 0.717) is 0 Å². The Hall–Kier alpha value is -1.04. The van der Waals surface area contributed by atoms with Crippen LogP contribution in [0.5, 0.6) is 0 Å². The second-order valence-electron chi connectivity index (χ2n) is 3.24. The van der Waals surface area contributed by atoms with Gasteiger partial charge in [0.1, 0.15) is 0 Å².